The van der Waals surface area contributed by atoms with Gasteiger partial charge in [-0.15, -0.1) is 13.2 Å². The maximum Gasteiger partial charge on any atom is 0.303 e. The van der Waals surface area contributed by atoms with Gasteiger partial charge >= 0.3 is 5.97 Å². The zero-order valence-electron chi connectivity index (χ0n) is 22.3. The summed E-state index contributed by atoms with van der Waals surface area (Å²) in [6, 6.07) is 0. The fraction of sp³-hybridized carbons (Fsp3) is 0.893. The molecule has 4 saturated carbocycles. The van der Waals surface area contributed by atoms with Crippen LogP contribution in [0.2, 0.25) is 0 Å². The van der Waals surface area contributed by atoms with Gasteiger partial charge < -0.3 is 27.6 Å². The van der Waals surface area contributed by atoms with Gasteiger partial charge in [0.1, 0.15) is 0 Å². The minimum atomic E-state index is -0.683. The van der Waals surface area contributed by atoms with Crippen molar-refractivity contribution in [3.05, 3.63) is 13.2 Å². The third-order valence-corrected chi connectivity index (χ3v) is 11.0. The van der Waals surface area contributed by atoms with Crippen molar-refractivity contribution in [2.75, 3.05) is 0 Å². The Bertz CT molecular complexity index is 675. The van der Waals surface area contributed by atoms with E-state index in [9.17, 15) is 15.0 Å². The molecule has 6 nitrogen and oxygen atoms in total. The van der Waals surface area contributed by atoms with E-state index < -0.39 is 5.97 Å². The van der Waals surface area contributed by atoms with Crippen molar-refractivity contribution >= 4 is 5.97 Å². The molecule has 9 N–H and O–H groups in total. The third-order valence-electron chi connectivity index (χ3n) is 11.0. The number of aliphatic carboxylic acids is 1. The molecule has 0 aliphatic heterocycles. The average molecular weight is 483 g/mol. The molecule has 0 saturated heterocycles. The van der Waals surface area contributed by atoms with E-state index in [1.807, 2.05) is 0 Å². The second-order valence-electron chi connectivity index (χ2n) is 12.0. The summed E-state index contributed by atoms with van der Waals surface area (Å²) in [4.78, 5) is 11.1. The van der Waals surface area contributed by atoms with Crippen LogP contribution in [0.5, 0.6) is 0 Å². The highest BCUT2D eigenvalue weighted by molar-refractivity contribution is 5.66. The quantitative estimate of drug-likeness (QED) is 0.293. The zero-order chi connectivity index (χ0) is 23.8. The Balaban J connectivity index is 0.00000141. The summed E-state index contributed by atoms with van der Waals surface area (Å²) >= 11 is 0. The van der Waals surface area contributed by atoms with Gasteiger partial charge in [-0.2, -0.15) is 0 Å². The molecule has 0 spiro atoms. The van der Waals surface area contributed by atoms with Crippen molar-refractivity contribution in [2.24, 2.45) is 52.3 Å². The second kappa shape index (κ2) is 11.9. The first-order chi connectivity index (χ1) is 15.1. The van der Waals surface area contributed by atoms with Crippen molar-refractivity contribution in [3.8, 4) is 0 Å². The number of carboxylic acids is 1. The maximum atomic E-state index is 11.7. The van der Waals surface area contributed by atoms with Crippen LogP contribution in [-0.2, 0) is 4.79 Å². The summed E-state index contributed by atoms with van der Waals surface area (Å²) in [7, 11) is 0. The maximum absolute atomic E-state index is 11.7. The van der Waals surface area contributed by atoms with E-state index >= 15 is 0 Å². The molecule has 0 aromatic heterocycles. The van der Waals surface area contributed by atoms with Gasteiger partial charge in [-0.25, -0.2) is 0 Å². The summed E-state index contributed by atoms with van der Waals surface area (Å²) in [5.74, 6) is 2.58. The Kier molecular flexibility index (Phi) is 10.8. The van der Waals surface area contributed by atoms with Gasteiger partial charge in [-0.05, 0) is 104 Å². The van der Waals surface area contributed by atoms with Gasteiger partial charge in [0.05, 0.1) is 12.2 Å². The van der Waals surface area contributed by atoms with Crippen LogP contribution >= 0.6 is 0 Å². The number of aliphatic hydroxyl groups is 2. The SMILES string of the molecule is C=C.CC[C@H]1[C@@H](O)[C@@H]2[C@H](CC[C@]3(C)[C@@H]([C@H](C)CCC(=O)O)CC[C@@H]23)[C@@]2(C)CC[C@@H](O)C[C@@H]12.N.N. The minimum Gasteiger partial charge on any atom is -0.481 e. The van der Waals surface area contributed by atoms with Gasteiger partial charge in [-0.1, -0.05) is 34.1 Å². The Morgan fingerprint density at radius 3 is 2.15 bits per heavy atom. The lowest BCUT2D eigenvalue weighted by molar-refractivity contribution is -0.203. The number of carboxylic acid groups (broad SMARTS) is 1. The number of fused-ring (bicyclic) bond motifs is 5. The highest BCUT2D eigenvalue weighted by atomic mass is 16.4. The van der Waals surface area contributed by atoms with Crippen LogP contribution < -0.4 is 12.3 Å². The largest absolute Gasteiger partial charge is 0.481 e. The molecule has 0 heterocycles. The number of hydrogen-bond donors (Lipinski definition) is 5. The molecule has 11 atom stereocenters. The molecular formula is C28H54N2O4. The second-order valence-corrected chi connectivity index (χ2v) is 12.0. The van der Waals surface area contributed by atoms with Crippen molar-refractivity contribution in [3.63, 3.8) is 0 Å². The van der Waals surface area contributed by atoms with Gasteiger partial charge in [0.2, 0.25) is 0 Å². The van der Waals surface area contributed by atoms with Crippen LogP contribution in [0.25, 0.3) is 0 Å². The lowest BCUT2D eigenvalue weighted by atomic mass is 9.41. The van der Waals surface area contributed by atoms with Crippen molar-refractivity contribution < 1.29 is 20.1 Å². The van der Waals surface area contributed by atoms with Gasteiger partial charge in [0.25, 0.3) is 0 Å². The molecule has 0 amide bonds. The Labute approximate surface area is 208 Å². The summed E-state index contributed by atoms with van der Waals surface area (Å²) in [6.07, 6.45) is 9.27. The van der Waals surface area contributed by atoms with E-state index in [-0.39, 0.29) is 41.8 Å². The highest BCUT2D eigenvalue weighted by Gasteiger charge is 2.64. The first-order valence-electron chi connectivity index (χ1n) is 13.2. The van der Waals surface area contributed by atoms with Crippen LogP contribution in [-0.4, -0.2) is 33.5 Å². The average Bonchev–Trinajstić information content (AvgIpc) is 3.12. The minimum absolute atomic E-state index is 0. The van der Waals surface area contributed by atoms with Crippen LogP contribution in [0.4, 0.5) is 0 Å². The molecular weight excluding hydrogens is 428 g/mol. The Morgan fingerprint density at radius 1 is 0.971 bits per heavy atom. The summed E-state index contributed by atoms with van der Waals surface area (Å²) in [5, 5.41) is 31.3. The summed E-state index contributed by atoms with van der Waals surface area (Å²) < 4.78 is 0. The fourth-order valence-electron chi connectivity index (χ4n) is 9.48. The molecule has 0 unspecified atom stereocenters. The molecule has 0 bridgehead atoms. The first-order valence-corrected chi connectivity index (χ1v) is 13.2. The summed E-state index contributed by atoms with van der Waals surface area (Å²) in [6.45, 7) is 15.4. The number of carbonyl (C=O) groups is 1. The molecule has 4 fully saturated rings. The van der Waals surface area contributed by atoms with E-state index in [1.54, 1.807) is 0 Å². The van der Waals surface area contributed by atoms with Crippen molar-refractivity contribution in [1.29, 1.82) is 0 Å². The molecule has 4 aliphatic rings. The first kappa shape index (κ1) is 31.1. The molecule has 4 rings (SSSR count). The van der Waals surface area contributed by atoms with Crippen molar-refractivity contribution in [2.45, 2.75) is 104 Å². The molecule has 0 radical (unpaired) electrons. The fourth-order valence-corrected chi connectivity index (χ4v) is 9.48. The van der Waals surface area contributed by atoms with E-state index in [0.29, 0.717) is 41.4 Å². The van der Waals surface area contributed by atoms with E-state index in [1.165, 1.54) is 25.7 Å². The Morgan fingerprint density at radius 2 is 1.56 bits per heavy atom. The highest BCUT2D eigenvalue weighted by Crippen LogP contribution is 2.69. The van der Waals surface area contributed by atoms with Crippen LogP contribution in [0, 0.1) is 52.3 Å². The predicted molar refractivity (Wildman–Crippen MR) is 139 cm³/mol. The van der Waals surface area contributed by atoms with Crippen LogP contribution in [0.1, 0.15) is 91.9 Å². The monoisotopic (exact) mass is 482 g/mol. The lowest BCUT2D eigenvalue weighted by Gasteiger charge is -2.64. The third kappa shape index (κ3) is 4.98. The molecule has 200 valence electrons. The van der Waals surface area contributed by atoms with E-state index in [4.69, 9.17) is 5.11 Å². The van der Waals surface area contributed by atoms with Crippen molar-refractivity contribution in [1.82, 2.24) is 12.3 Å². The number of hydrogen-bond acceptors (Lipinski definition) is 5. The van der Waals surface area contributed by atoms with Crippen LogP contribution in [0.3, 0.4) is 0 Å². The van der Waals surface area contributed by atoms with Gasteiger partial charge in [0.15, 0.2) is 0 Å². The normalized spacial score (nSPS) is 45.6. The standard InChI is InChI=1S/C26H44O4.C2H4.2H3N/c1-5-17-21-14-16(27)10-12-26(21,4)20-11-13-25(3)18(15(2)6-9-22(28)29)7-8-19(25)23(20)24(17)30;1-2;;/h15-21,23-24,27,30H,5-14H2,1-4H3,(H,28,29);1-2H2;2*1H3/t15-,16-,17-,18-,19+,20+,21+,23+,24-,25-,26-;;;/m1.../s1. The zero-order valence-corrected chi connectivity index (χ0v) is 22.3. The van der Waals surface area contributed by atoms with Gasteiger partial charge in [0, 0.05) is 6.42 Å². The number of aliphatic hydroxyl groups excluding tert-OH is 2. The Hall–Kier alpha value is -0.950. The molecule has 0 aromatic rings. The van der Waals surface area contributed by atoms with Gasteiger partial charge in [-0.3, -0.25) is 4.79 Å². The smallest absolute Gasteiger partial charge is 0.303 e. The van der Waals surface area contributed by atoms with Crippen LogP contribution in [0.15, 0.2) is 13.2 Å². The molecule has 4 aliphatic carbocycles. The number of rotatable bonds is 5. The topological polar surface area (TPSA) is 148 Å². The molecule has 0 aromatic carbocycles. The molecule has 34 heavy (non-hydrogen) atoms. The van der Waals surface area contributed by atoms with E-state index in [0.717, 1.165) is 32.1 Å². The lowest BCUT2D eigenvalue weighted by Crippen LogP contribution is -2.62. The molecule has 6 heteroatoms. The van der Waals surface area contributed by atoms with E-state index in [2.05, 4.69) is 40.9 Å². The predicted octanol–water partition coefficient (Wildman–Crippen LogP) is 6.24. The summed E-state index contributed by atoms with van der Waals surface area (Å²) in [5.41, 5.74) is 0.480.